The van der Waals surface area contributed by atoms with Gasteiger partial charge in [0.1, 0.15) is 0 Å². The molecule has 0 aromatic heterocycles. The molecule has 0 spiro atoms. The Labute approximate surface area is 134 Å². The molecule has 0 aliphatic rings. The molecule has 0 aromatic carbocycles. The maximum atomic E-state index is 9.84. The summed E-state index contributed by atoms with van der Waals surface area (Å²) >= 11 is 0. The van der Waals surface area contributed by atoms with E-state index in [1.807, 2.05) is 0 Å². The molecule has 0 saturated carbocycles. The lowest BCUT2D eigenvalue weighted by Gasteiger charge is -2.09. The number of unbranched alkanes of at least 4 members (excludes halogenated alkanes) is 13. The van der Waals surface area contributed by atoms with Crippen molar-refractivity contribution in [3.8, 4) is 0 Å². The number of hydrogen-bond donors (Lipinski definition) is 1. The zero-order valence-corrected chi connectivity index (χ0v) is 15.0. The molecule has 0 aromatic rings. The predicted molar refractivity (Wildman–Crippen MR) is 95.8 cm³/mol. The Morgan fingerprint density at radius 3 is 1.19 bits per heavy atom. The summed E-state index contributed by atoms with van der Waals surface area (Å²) in [6.45, 7) is 4.50. The van der Waals surface area contributed by atoms with E-state index in [-0.39, 0.29) is 6.10 Å². The largest absolute Gasteiger partial charge is 0.393 e. The Bertz CT molecular complexity index is 179. The maximum absolute atomic E-state index is 9.84. The molecule has 0 aliphatic carbocycles. The van der Waals surface area contributed by atoms with Gasteiger partial charge in [-0.05, 0) is 12.8 Å². The average molecular weight is 299 g/mol. The van der Waals surface area contributed by atoms with Crippen LogP contribution < -0.4 is 0 Å². The molecule has 0 rings (SSSR count). The molecule has 128 valence electrons. The van der Waals surface area contributed by atoms with Crippen molar-refractivity contribution >= 4 is 0 Å². The summed E-state index contributed by atoms with van der Waals surface area (Å²) < 4.78 is 0. The van der Waals surface area contributed by atoms with E-state index in [4.69, 9.17) is 0 Å². The average Bonchev–Trinajstić information content (AvgIpc) is 2.48. The Hall–Kier alpha value is -0.0400. The Morgan fingerprint density at radius 1 is 0.476 bits per heavy atom. The van der Waals surface area contributed by atoms with E-state index in [2.05, 4.69) is 13.8 Å². The zero-order chi connectivity index (χ0) is 15.6. The first-order valence-electron chi connectivity index (χ1n) is 9.99. The van der Waals surface area contributed by atoms with E-state index < -0.39 is 0 Å². The lowest BCUT2D eigenvalue weighted by atomic mass is 10.0. The molecule has 0 unspecified atom stereocenters. The van der Waals surface area contributed by atoms with Crippen LogP contribution >= 0.6 is 0 Å². The fourth-order valence-electron chi connectivity index (χ4n) is 3.00. The Balaban J connectivity index is 3.05. The second-order valence-corrected chi connectivity index (χ2v) is 6.83. The van der Waals surface area contributed by atoms with Gasteiger partial charge in [0.2, 0.25) is 0 Å². The summed E-state index contributed by atoms with van der Waals surface area (Å²) in [5, 5.41) is 9.84. The molecule has 0 bridgehead atoms. The third-order valence-electron chi connectivity index (χ3n) is 4.53. The van der Waals surface area contributed by atoms with Gasteiger partial charge in [0.05, 0.1) is 6.10 Å². The van der Waals surface area contributed by atoms with Gasteiger partial charge in [-0.3, -0.25) is 0 Å². The minimum atomic E-state index is -0.0281. The van der Waals surface area contributed by atoms with E-state index in [1.54, 1.807) is 0 Å². The van der Waals surface area contributed by atoms with Gasteiger partial charge in [-0.2, -0.15) is 0 Å². The molecular formula is C20H42O. The molecule has 0 aliphatic heterocycles. The standard InChI is InChI=1S/C20H42O/c1-3-5-7-8-9-10-11-12-13-14-15-17-19-20(21)18-16-6-4-2/h20-21H,3-19H2,1-2H3/t20-/m0/s1. The second-order valence-electron chi connectivity index (χ2n) is 6.83. The molecule has 21 heavy (non-hydrogen) atoms. The van der Waals surface area contributed by atoms with Crippen molar-refractivity contribution < 1.29 is 5.11 Å². The summed E-state index contributed by atoms with van der Waals surface area (Å²) in [4.78, 5) is 0. The van der Waals surface area contributed by atoms with Gasteiger partial charge in [0.15, 0.2) is 0 Å². The molecular weight excluding hydrogens is 256 g/mol. The lowest BCUT2D eigenvalue weighted by molar-refractivity contribution is 0.147. The van der Waals surface area contributed by atoms with Crippen LogP contribution in [0.25, 0.3) is 0 Å². The van der Waals surface area contributed by atoms with Gasteiger partial charge in [-0.15, -0.1) is 0 Å². The van der Waals surface area contributed by atoms with Gasteiger partial charge < -0.3 is 5.11 Å². The number of hydrogen-bond acceptors (Lipinski definition) is 1. The summed E-state index contributed by atoms with van der Waals surface area (Å²) in [5.74, 6) is 0. The van der Waals surface area contributed by atoms with E-state index in [0.29, 0.717) is 0 Å². The molecule has 0 radical (unpaired) electrons. The van der Waals surface area contributed by atoms with Crippen LogP contribution in [0.5, 0.6) is 0 Å². The van der Waals surface area contributed by atoms with Crippen molar-refractivity contribution in [3.63, 3.8) is 0 Å². The topological polar surface area (TPSA) is 20.2 Å². The smallest absolute Gasteiger partial charge is 0.0540 e. The highest BCUT2D eigenvalue weighted by atomic mass is 16.3. The summed E-state index contributed by atoms with van der Waals surface area (Å²) in [5.41, 5.74) is 0. The maximum Gasteiger partial charge on any atom is 0.0540 e. The van der Waals surface area contributed by atoms with Crippen molar-refractivity contribution in [1.29, 1.82) is 0 Å². The summed E-state index contributed by atoms with van der Waals surface area (Å²) in [6.07, 6.45) is 22.5. The van der Waals surface area contributed by atoms with E-state index in [0.717, 1.165) is 12.8 Å². The van der Waals surface area contributed by atoms with Crippen LogP contribution in [0.15, 0.2) is 0 Å². The van der Waals surface area contributed by atoms with Gasteiger partial charge in [-0.25, -0.2) is 0 Å². The molecule has 0 saturated heterocycles. The summed E-state index contributed by atoms with van der Waals surface area (Å²) in [6, 6.07) is 0. The monoisotopic (exact) mass is 298 g/mol. The number of aliphatic hydroxyl groups excluding tert-OH is 1. The van der Waals surface area contributed by atoms with Crippen LogP contribution in [-0.4, -0.2) is 11.2 Å². The molecule has 1 nitrogen and oxygen atoms in total. The van der Waals surface area contributed by atoms with Crippen molar-refractivity contribution in [3.05, 3.63) is 0 Å². The first-order chi connectivity index (χ1) is 10.3. The van der Waals surface area contributed by atoms with Crippen LogP contribution in [0.1, 0.15) is 123 Å². The number of aliphatic hydroxyl groups is 1. The second kappa shape index (κ2) is 18.0. The van der Waals surface area contributed by atoms with Gasteiger partial charge in [0.25, 0.3) is 0 Å². The van der Waals surface area contributed by atoms with E-state index >= 15 is 0 Å². The third-order valence-corrected chi connectivity index (χ3v) is 4.53. The van der Waals surface area contributed by atoms with Crippen molar-refractivity contribution in [2.75, 3.05) is 0 Å². The van der Waals surface area contributed by atoms with Crippen molar-refractivity contribution in [1.82, 2.24) is 0 Å². The molecule has 1 atom stereocenters. The van der Waals surface area contributed by atoms with E-state index in [1.165, 1.54) is 96.3 Å². The minimum Gasteiger partial charge on any atom is -0.393 e. The van der Waals surface area contributed by atoms with Crippen LogP contribution in [0, 0.1) is 0 Å². The number of rotatable bonds is 17. The highest BCUT2D eigenvalue weighted by molar-refractivity contribution is 4.57. The fraction of sp³-hybridized carbons (Fsp3) is 1.00. The van der Waals surface area contributed by atoms with Gasteiger partial charge in [-0.1, -0.05) is 110 Å². The van der Waals surface area contributed by atoms with Crippen LogP contribution in [0.4, 0.5) is 0 Å². The highest BCUT2D eigenvalue weighted by Crippen LogP contribution is 2.14. The van der Waals surface area contributed by atoms with Crippen molar-refractivity contribution in [2.45, 2.75) is 129 Å². The van der Waals surface area contributed by atoms with Crippen LogP contribution in [0.3, 0.4) is 0 Å². The fourth-order valence-corrected chi connectivity index (χ4v) is 3.00. The van der Waals surface area contributed by atoms with Crippen LogP contribution in [-0.2, 0) is 0 Å². The normalized spacial score (nSPS) is 12.7. The van der Waals surface area contributed by atoms with Crippen LogP contribution in [0.2, 0.25) is 0 Å². The lowest BCUT2D eigenvalue weighted by Crippen LogP contribution is -2.05. The van der Waals surface area contributed by atoms with Gasteiger partial charge in [0, 0.05) is 0 Å². The summed E-state index contributed by atoms with van der Waals surface area (Å²) in [7, 11) is 0. The SMILES string of the molecule is CCCCCCCCCCCCCC[C@@H](O)CCCCC. The Kier molecular flexibility index (Phi) is 18.0. The Morgan fingerprint density at radius 2 is 0.762 bits per heavy atom. The molecule has 0 amide bonds. The minimum absolute atomic E-state index is 0.0281. The third kappa shape index (κ3) is 17.9. The molecule has 0 heterocycles. The molecule has 1 heteroatoms. The van der Waals surface area contributed by atoms with E-state index in [9.17, 15) is 5.11 Å². The molecule has 0 fully saturated rings. The first kappa shape index (κ1) is 21.0. The predicted octanol–water partition coefficient (Wildman–Crippen LogP) is 7.02. The highest BCUT2D eigenvalue weighted by Gasteiger charge is 2.03. The van der Waals surface area contributed by atoms with Crippen molar-refractivity contribution in [2.24, 2.45) is 0 Å². The quantitative estimate of drug-likeness (QED) is 0.286. The zero-order valence-electron chi connectivity index (χ0n) is 15.0. The van der Waals surface area contributed by atoms with Gasteiger partial charge >= 0.3 is 0 Å². The molecule has 1 N–H and O–H groups in total. The first-order valence-corrected chi connectivity index (χ1v) is 9.99.